The lowest BCUT2D eigenvalue weighted by Gasteiger charge is -2.28. The zero-order chi connectivity index (χ0) is 11.9. The van der Waals surface area contributed by atoms with E-state index in [4.69, 9.17) is 5.21 Å². The number of aliphatic imine (C=N–C) groups is 1. The second-order valence-electron chi connectivity index (χ2n) is 5.14. The van der Waals surface area contributed by atoms with E-state index in [0.29, 0.717) is 11.4 Å². The number of oxime groups is 1. The minimum atomic E-state index is -0.566. The predicted octanol–water partition coefficient (Wildman–Crippen LogP) is 2.07. The molecule has 2 fully saturated rings. The summed E-state index contributed by atoms with van der Waals surface area (Å²) in [4.78, 5) is 4.64. The quantitative estimate of drug-likeness (QED) is 0.302. The van der Waals surface area contributed by atoms with E-state index in [1.54, 1.807) is 0 Å². The fourth-order valence-electron chi connectivity index (χ4n) is 3.19. The molecule has 1 spiro atoms. The Hall–Kier alpha value is -1.39. The third-order valence-electron chi connectivity index (χ3n) is 4.09. The number of rotatable bonds is 0. The molecule has 0 aromatic heterocycles. The molecular weight excluding hydrogens is 218 g/mol. The molecule has 0 bridgehead atoms. The van der Waals surface area contributed by atoms with Crippen LogP contribution < -0.4 is 0 Å². The normalized spacial score (nSPS) is 29.6. The summed E-state index contributed by atoms with van der Waals surface area (Å²) in [6.45, 7) is 0. The van der Waals surface area contributed by atoms with E-state index in [-0.39, 0.29) is 0 Å². The highest BCUT2D eigenvalue weighted by molar-refractivity contribution is 6.68. The molecule has 3 aliphatic rings. The molecule has 92 valence electrons. The number of nitrogens with zero attached hydrogens (tertiary/aromatic N) is 3. The molecule has 1 heterocycles. The first-order chi connectivity index (χ1) is 8.27. The number of fused-ring (bicyclic) bond motifs is 1. The third-order valence-corrected chi connectivity index (χ3v) is 4.09. The largest absolute Gasteiger partial charge is 0.622 e. The van der Waals surface area contributed by atoms with Gasteiger partial charge in [0.1, 0.15) is 5.71 Å². The maximum atomic E-state index is 12.4. The van der Waals surface area contributed by atoms with Gasteiger partial charge in [-0.3, -0.25) is 0 Å². The van der Waals surface area contributed by atoms with E-state index >= 15 is 0 Å². The molecule has 5 nitrogen and oxygen atoms in total. The lowest BCUT2D eigenvalue weighted by atomic mass is 9.90. The first-order valence-electron chi connectivity index (χ1n) is 6.41. The smallest absolute Gasteiger partial charge is 0.266 e. The van der Waals surface area contributed by atoms with E-state index in [1.807, 2.05) is 0 Å². The van der Waals surface area contributed by atoms with E-state index in [0.717, 1.165) is 55.4 Å². The van der Waals surface area contributed by atoms with Crippen LogP contribution in [0, 0.1) is 5.21 Å². The van der Waals surface area contributed by atoms with Crippen LogP contribution in [0.2, 0.25) is 0 Å². The van der Waals surface area contributed by atoms with Gasteiger partial charge in [-0.15, -0.1) is 0 Å². The van der Waals surface area contributed by atoms with Crippen LogP contribution in [0.3, 0.4) is 0 Å². The maximum absolute atomic E-state index is 12.4. The highest BCUT2D eigenvalue weighted by Gasteiger charge is 2.49. The van der Waals surface area contributed by atoms with Crippen molar-refractivity contribution in [1.29, 1.82) is 0 Å². The molecule has 0 atom stereocenters. The molecule has 0 aromatic rings. The van der Waals surface area contributed by atoms with Crippen molar-refractivity contribution in [3.8, 4) is 0 Å². The molecule has 1 N–H and O–H groups in total. The minimum Gasteiger partial charge on any atom is -0.622 e. The fraction of sp³-hybridized carbons (Fsp3) is 0.750. The molecule has 0 unspecified atom stereocenters. The van der Waals surface area contributed by atoms with Crippen molar-refractivity contribution in [3.63, 3.8) is 0 Å². The Kier molecular flexibility index (Phi) is 2.42. The standard InChI is InChI=1S/C12H17N3O2/c16-14-9-5-4-6-10-11(9)13-12(15(10)17)7-2-1-3-8-12/h16H,1-8H2/b14-9+. The van der Waals surface area contributed by atoms with Crippen molar-refractivity contribution in [2.45, 2.75) is 57.0 Å². The van der Waals surface area contributed by atoms with Gasteiger partial charge in [0.25, 0.3) is 5.66 Å². The van der Waals surface area contributed by atoms with Gasteiger partial charge >= 0.3 is 0 Å². The van der Waals surface area contributed by atoms with Crippen LogP contribution in [0.5, 0.6) is 0 Å². The van der Waals surface area contributed by atoms with Gasteiger partial charge in [0, 0.05) is 19.3 Å². The van der Waals surface area contributed by atoms with Crippen molar-refractivity contribution >= 4 is 17.1 Å². The van der Waals surface area contributed by atoms with E-state index in [9.17, 15) is 5.21 Å². The maximum Gasteiger partial charge on any atom is 0.266 e. The van der Waals surface area contributed by atoms with Crippen LogP contribution in [0.1, 0.15) is 51.4 Å². The summed E-state index contributed by atoms with van der Waals surface area (Å²) in [5.74, 6) is 0. The molecule has 5 heteroatoms. The molecule has 2 aliphatic carbocycles. The van der Waals surface area contributed by atoms with Gasteiger partial charge < -0.3 is 10.4 Å². The average Bonchev–Trinajstić information content (AvgIpc) is 2.64. The van der Waals surface area contributed by atoms with Crippen molar-refractivity contribution in [1.82, 2.24) is 0 Å². The molecule has 0 amide bonds. The average molecular weight is 235 g/mol. The zero-order valence-corrected chi connectivity index (χ0v) is 9.85. The Bertz CT molecular complexity index is 431. The van der Waals surface area contributed by atoms with Gasteiger partial charge in [0.2, 0.25) is 5.71 Å². The Morgan fingerprint density at radius 3 is 2.65 bits per heavy atom. The molecule has 0 aromatic carbocycles. The van der Waals surface area contributed by atoms with Crippen molar-refractivity contribution < 1.29 is 9.95 Å². The lowest BCUT2D eigenvalue weighted by Crippen LogP contribution is -2.39. The summed E-state index contributed by atoms with van der Waals surface area (Å²) in [5, 5.41) is 24.7. The third kappa shape index (κ3) is 1.48. The van der Waals surface area contributed by atoms with Gasteiger partial charge in [-0.2, -0.15) is 4.74 Å². The summed E-state index contributed by atoms with van der Waals surface area (Å²) >= 11 is 0. The summed E-state index contributed by atoms with van der Waals surface area (Å²) in [5.41, 5.74) is 1.44. The summed E-state index contributed by atoms with van der Waals surface area (Å²) in [6.07, 6.45) is 7.36. The molecular formula is C12H17N3O2. The number of hydrogen-bond donors (Lipinski definition) is 1. The van der Waals surface area contributed by atoms with Crippen LogP contribution in [0.15, 0.2) is 10.1 Å². The van der Waals surface area contributed by atoms with Gasteiger partial charge in [-0.1, -0.05) is 11.6 Å². The Balaban J connectivity index is 2.05. The molecule has 0 saturated heterocycles. The van der Waals surface area contributed by atoms with Crippen LogP contribution in [0.25, 0.3) is 0 Å². The molecule has 1 aliphatic heterocycles. The molecule has 0 radical (unpaired) electrons. The molecule has 2 saturated carbocycles. The van der Waals surface area contributed by atoms with Crippen molar-refractivity contribution in [2.75, 3.05) is 0 Å². The van der Waals surface area contributed by atoms with E-state index < -0.39 is 5.66 Å². The Morgan fingerprint density at radius 2 is 1.94 bits per heavy atom. The van der Waals surface area contributed by atoms with Crippen LogP contribution in [-0.2, 0) is 0 Å². The van der Waals surface area contributed by atoms with Crippen LogP contribution in [0.4, 0.5) is 0 Å². The monoisotopic (exact) mass is 235 g/mol. The highest BCUT2D eigenvalue weighted by atomic mass is 16.5. The van der Waals surface area contributed by atoms with Gasteiger partial charge in [-0.05, 0) is 25.7 Å². The van der Waals surface area contributed by atoms with Gasteiger partial charge in [-0.25, -0.2) is 4.99 Å². The van der Waals surface area contributed by atoms with E-state index in [1.165, 1.54) is 6.42 Å². The number of hydroxylamine groups is 1. The van der Waals surface area contributed by atoms with Crippen LogP contribution >= 0.6 is 0 Å². The predicted molar refractivity (Wildman–Crippen MR) is 65.0 cm³/mol. The second-order valence-corrected chi connectivity index (χ2v) is 5.14. The summed E-state index contributed by atoms with van der Waals surface area (Å²) in [7, 11) is 0. The minimum absolute atomic E-state index is 0.566. The van der Waals surface area contributed by atoms with Crippen LogP contribution in [-0.4, -0.2) is 32.7 Å². The van der Waals surface area contributed by atoms with Crippen molar-refractivity contribution in [2.24, 2.45) is 10.1 Å². The Labute approximate surface area is 100 Å². The topological polar surface area (TPSA) is 71.0 Å². The highest BCUT2D eigenvalue weighted by Crippen LogP contribution is 2.37. The first kappa shape index (κ1) is 10.7. The summed E-state index contributed by atoms with van der Waals surface area (Å²) in [6, 6.07) is 0. The van der Waals surface area contributed by atoms with Gasteiger partial charge in [0.15, 0.2) is 5.71 Å². The van der Waals surface area contributed by atoms with E-state index in [2.05, 4.69) is 10.1 Å². The van der Waals surface area contributed by atoms with Gasteiger partial charge in [0.05, 0.1) is 0 Å². The number of hydrogen-bond acceptors (Lipinski definition) is 4. The first-order valence-corrected chi connectivity index (χ1v) is 6.41. The molecule has 17 heavy (non-hydrogen) atoms. The lowest BCUT2D eigenvalue weighted by molar-refractivity contribution is -0.548. The summed E-state index contributed by atoms with van der Waals surface area (Å²) < 4.78 is 1.12. The fourth-order valence-corrected chi connectivity index (χ4v) is 3.19. The Morgan fingerprint density at radius 1 is 1.18 bits per heavy atom. The zero-order valence-electron chi connectivity index (χ0n) is 9.85. The SMILES string of the molecule is [O-][N+]1=C2CCC/C(=N\O)C2=NC12CCCCC2. The second kappa shape index (κ2) is 3.82. The van der Waals surface area contributed by atoms with Crippen molar-refractivity contribution in [3.05, 3.63) is 5.21 Å². The molecule has 3 rings (SSSR count).